The van der Waals surface area contributed by atoms with Crippen LogP contribution in [0.25, 0.3) is 5.65 Å². The molecular weight excluding hydrogens is 262 g/mol. The maximum absolute atomic E-state index is 12.1. The van der Waals surface area contributed by atoms with Crippen LogP contribution >= 0.6 is 0 Å². The van der Waals surface area contributed by atoms with Gasteiger partial charge in [-0.25, -0.2) is 4.98 Å². The van der Waals surface area contributed by atoms with Gasteiger partial charge in [-0.2, -0.15) is 0 Å². The Kier molecular flexibility index (Phi) is 3.44. The van der Waals surface area contributed by atoms with Crippen molar-refractivity contribution in [2.24, 2.45) is 0 Å². The van der Waals surface area contributed by atoms with Crippen LogP contribution in [0.3, 0.4) is 0 Å². The molecule has 0 radical (unpaired) electrons. The van der Waals surface area contributed by atoms with E-state index in [0.29, 0.717) is 12.1 Å². The fourth-order valence-electron chi connectivity index (χ4n) is 2.26. The zero-order valence-corrected chi connectivity index (χ0v) is 12.1. The van der Waals surface area contributed by atoms with Crippen LogP contribution in [0.1, 0.15) is 27.3 Å². The zero-order chi connectivity index (χ0) is 14.8. The molecule has 3 rings (SSSR count). The van der Waals surface area contributed by atoms with Crippen molar-refractivity contribution in [3.63, 3.8) is 0 Å². The molecule has 0 saturated carbocycles. The molecule has 2 aromatic heterocycles. The van der Waals surface area contributed by atoms with Gasteiger partial charge in [-0.1, -0.05) is 23.8 Å². The molecule has 0 aliphatic carbocycles. The SMILES string of the molecule is Cc1ccc(C(=O)NCc2cn3c(C)cccc3n2)cc1. The fourth-order valence-corrected chi connectivity index (χ4v) is 2.26. The van der Waals surface area contributed by atoms with E-state index in [1.165, 1.54) is 0 Å². The molecule has 106 valence electrons. The minimum absolute atomic E-state index is 0.0798. The molecule has 1 N–H and O–H groups in total. The van der Waals surface area contributed by atoms with E-state index >= 15 is 0 Å². The highest BCUT2D eigenvalue weighted by Gasteiger charge is 2.07. The molecule has 1 amide bonds. The lowest BCUT2D eigenvalue weighted by Gasteiger charge is -2.03. The molecule has 21 heavy (non-hydrogen) atoms. The first-order valence-corrected chi connectivity index (χ1v) is 6.92. The summed E-state index contributed by atoms with van der Waals surface area (Å²) < 4.78 is 2.02. The number of amides is 1. The third-order valence-corrected chi connectivity index (χ3v) is 3.49. The number of carbonyl (C=O) groups excluding carboxylic acids is 1. The van der Waals surface area contributed by atoms with Crippen molar-refractivity contribution in [1.82, 2.24) is 14.7 Å². The highest BCUT2D eigenvalue weighted by atomic mass is 16.1. The number of nitrogens with one attached hydrogen (secondary N) is 1. The van der Waals surface area contributed by atoms with E-state index in [1.54, 1.807) is 0 Å². The summed E-state index contributed by atoms with van der Waals surface area (Å²) in [6, 6.07) is 13.5. The van der Waals surface area contributed by atoms with Crippen molar-refractivity contribution in [2.75, 3.05) is 0 Å². The van der Waals surface area contributed by atoms with Gasteiger partial charge in [0.1, 0.15) is 5.65 Å². The first-order chi connectivity index (χ1) is 10.1. The predicted octanol–water partition coefficient (Wildman–Crippen LogP) is 2.88. The number of rotatable bonds is 3. The van der Waals surface area contributed by atoms with Crippen LogP contribution in [0.15, 0.2) is 48.7 Å². The highest BCUT2D eigenvalue weighted by molar-refractivity contribution is 5.94. The Labute approximate surface area is 123 Å². The van der Waals surface area contributed by atoms with Gasteiger partial charge in [0.05, 0.1) is 12.2 Å². The fraction of sp³-hybridized carbons (Fsp3) is 0.176. The Morgan fingerprint density at radius 2 is 1.90 bits per heavy atom. The van der Waals surface area contributed by atoms with Crippen molar-refractivity contribution in [1.29, 1.82) is 0 Å². The van der Waals surface area contributed by atoms with E-state index in [1.807, 2.05) is 66.9 Å². The van der Waals surface area contributed by atoms with Gasteiger partial charge in [0, 0.05) is 17.5 Å². The van der Waals surface area contributed by atoms with Gasteiger partial charge in [-0.15, -0.1) is 0 Å². The monoisotopic (exact) mass is 279 g/mol. The lowest BCUT2D eigenvalue weighted by atomic mass is 10.1. The minimum Gasteiger partial charge on any atom is -0.346 e. The van der Waals surface area contributed by atoms with Crippen LogP contribution in [0.2, 0.25) is 0 Å². The molecular formula is C17H17N3O. The Morgan fingerprint density at radius 1 is 1.14 bits per heavy atom. The average Bonchev–Trinajstić information content (AvgIpc) is 2.90. The van der Waals surface area contributed by atoms with E-state index in [2.05, 4.69) is 10.3 Å². The van der Waals surface area contributed by atoms with Crippen LogP contribution in [-0.4, -0.2) is 15.3 Å². The largest absolute Gasteiger partial charge is 0.346 e. The number of hydrogen-bond donors (Lipinski definition) is 1. The van der Waals surface area contributed by atoms with Gasteiger partial charge in [0.15, 0.2) is 0 Å². The molecule has 2 heterocycles. The molecule has 0 atom stereocenters. The molecule has 0 aliphatic heterocycles. The van der Waals surface area contributed by atoms with Gasteiger partial charge in [0.25, 0.3) is 5.91 Å². The summed E-state index contributed by atoms with van der Waals surface area (Å²) in [7, 11) is 0. The smallest absolute Gasteiger partial charge is 0.251 e. The summed E-state index contributed by atoms with van der Waals surface area (Å²) in [5.41, 5.74) is 4.68. The van der Waals surface area contributed by atoms with Crippen LogP contribution < -0.4 is 5.32 Å². The van der Waals surface area contributed by atoms with Gasteiger partial charge in [0.2, 0.25) is 0 Å². The maximum atomic E-state index is 12.1. The molecule has 0 aliphatic rings. The lowest BCUT2D eigenvalue weighted by molar-refractivity contribution is 0.0950. The summed E-state index contributed by atoms with van der Waals surface area (Å²) in [4.78, 5) is 16.6. The van der Waals surface area contributed by atoms with Crippen LogP contribution in [-0.2, 0) is 6.54 Å². The number of aromatic nitrogens is 2. The Balaban J connectivity index is 1.72. The van der Waals surface area contributed by atoms with Gasteiger partial charge >= 0.3 is 0 Å². The highest BCUT2D eigenvalue weighted by Crippen LogP contribution is 2.09. The van der Waals surface area contributed by atoms with Gasteiger partial charge < -0.3 is 9.72 Å². The number of benzene rings is 1. The number of nitrogens with zero attached hydrogens (tertiary/aromatic N) is 2. The molecule has 0 unspecified atom stereocenters. The number of hydrogen-bond acceptors (Lipinski definition) is 2. The molecule has 3 aromatic rings. The summed E-state index contributed by atoms with van der Waals surface area (Å²) in [5.74, 6) is -0.0798. The third-order valence-electron chi connectivity index (χ3n) is 3.49. The topological polar surface area (TPSA) is 46.4 Å². The Morgan fingerprint density at radius 3 is 2.62 bits per heavy atom. The first-order valence-electron chi connectivity index (χ1n) is 6.92. The summed E-state index contributed by atoms with van der Waals surface area (Å²) in [6.07, 6.45) is 1.96. The number of fused-ring (bicyclic) bond motifs is 1. The van der Waals surface area contributed by atoms with Crippen LogP contribution in [0, 0.1) is 13.8 Å². The van der Waals surface area contributed by atoms with Crippen LogP contribution in [0.5, 0.6) is 0 Å². The van der Waals surface area contributed by atoms with Gasteiger partial charge in [-0.3, -0.25) is 4.79 Å². The number of aryl methyl sites for hydroxylation is 2. The van der Waals surface area contributed by atoms with E-state index in [9.17, 15) is 4.79 Å². The molecule has 4 heteroatoms. The van der Waals surface area contributed by atoms with E-state index < -0.39 is 0 Å². The molecule has 0 spiro atoms. The molecule has 0 fully saturated rings. The number of imidazole rings is 1. The molecule has 0 bridgehead atoms. The maximum Gasteiger partial charge on any atom is 0.251 e. The average molecular weight is 279 g/mol. The van der Waals surface area contributed by atoms with Gasteiger partial charge in [-0.05, 0) is 38.1 Å². The van der Waals surface area contributed by atoms with Crippen molar-refractivity contribution < 1.29 is 4.79 Å². The number of pyridine rings is 1. The predicted molar refractivity (Wildman–Crippen MR) is 82.3 cm³/mol. The first kappa shape index (κ1) is 13.4. The Hall–Kier alpha value is -2.62. The normalized spacial score (nSPS) is 10.8. The standard InChI is InChI=1S/C17H17N3O/c1-12-6-8-14(9-7-12)17(21)18-10-15-11-20-13(2)4-3-5-16(20)19-15/h3-9,11H,10H2,1-2H3,(H,18,21). The molecule has 0 saturated heterocycles. The van der Waals surface area contributed by atoms with Crippen molar-refractivity contribution in [3.05, 3.63) is 71.2 Å². The van der Waals surface area contributed by atoms with Crippen LogP contribution in [0.4, 0.5) is 0 Å². The van der Waals surface area contributed by atoms with Crippen molar-refractivity contribution in [3.8, 4) is 0 Å². The van der Waals surface area contributed by atoms with E-state index in [4.69, 9.17) is 0 Å². The summed E-state index contributed by atoms with van der Waals surface area (Å²) in [6.45, 7) is 4.46. The summed E-state index contributed by atoms with van der Waals surface area (Å²) >= 11 is 0. The quantitative estimate of drug-likeness (QED) is 0.801. The minimum atomic E-state index is -0.0798. The van der Waals surface area contributed by atoms with Crippen molar-refractivity contribution in [2.45, 2.75) is 20.4 Å². The zero-order valence-electron chi connectivity index (χ0n) is 12.1. The lowest BCUT2D eigenvalue weighted by Crippen LogP contribution is -2.22. The van der Waals surface area contributed by atoms with Crippen molar-refractivity contribution >= 4 is 11.6 Å². The third kappa shape index (κ3) is 2.79. The second kappa shape index (κ2) is 5.40. The second-order valence-electron chi connectivity index (χ2n) is 5.18. The Bertz CT molecular complexity index is 787. The van der Waals surface area contributed by atoms with E-state index in [-0.39, 0.29) is 5.91 Å². The number of carbonyl (C=O) groups is 1. The molecule has 1 aromatic carbocycles. The summed E-state index contributed by atoms with van der Waals surface area (Å²) in [5, 5.41) is 2.90. The molecule has 4 nitrogen and oxygen atoms in total. The van der Waals surface area contributed by atoms with E-state index in [0.717, 1.165) is 22.6 Å². The second-order valence-corrected chi connectivity index (χ2v) is 5.18.